The molecule has 1 heterocycles. The minimum absolute atomic E-state index is 0.0419. The first-order valence-corrected chi connectivity index (χ1v) is 8.48. The highest BCUT2D eigenvalue weighted by Gasteiger charge is 2.19. The quantitative estimate of drug-likeness (QED) is 0.840. The number of methoxy groups -OCH3 is 1. The fourth-order valence-electron chi connectivity index (χ4n) is 1.76. The minimum atomic E-state index is -3.72. The van der Waals surface area contributed by atoms with E-state index in [4.69, 9.17) is 16.3 Å². The van der Waals surface area contributed by atoms with Gasteiger partial charge in [-0.15, -0.1) is 0 Å². The maximum absolute atomic E-state index is 11.9. The lowest BCUT2D eigenvalue weighted by Gasteiger charge is -2.11. The number of ether oxygens (including phenoxy) is 2. The average molecular weight is 358 g/mol. The molecule has 0 amide bonds. The Hall–Kier alpha value is -2.32. The van der Waals surface area contributed by atoms with Crippen LogP contribution in [0.5, 0.6) is 11.5 Å². The van der Waals surface area contributed by atoms with Gasteiger partial charge in [-0.3, -0.25) is 4.79 Å². The zero-order valence-corrected chi connectivity index (χ0v) is 13.7. The van der Waals surface area contributed by atoms with E-state index in [1.165, 1.54) is 31.5 Å². The molecule has 9 heteroatoms. The highest BCUT2D eigenvalue weighted by molar-refractivity contribution is 7.90. The van der Waals surface area contributed by atoms with Crippen LogP contribution in [0.4, 0.5) is 0 Å². The molecule has 0 aliphatic rings. The third kappa shape index (κ3) is 3.91. The fraction of sp³-hybridized carbons (Fsp3) is 0.143. The van der Waals surface area contributed by atoms with Crippen LogP contribution in [0, 0.1) is 0 Å². The number of rotatable bonds is 4. The molecule has 0 aliphatic heterocycles. The largest absolute Gasteiger partial charge is 0.465 e. The molecule has 7 nitrogen and oxygen atoms in total. The Morgan fingerprint density at radius 1 is 1.22 bits per heavy atom. The van der Waals surface area contributed by atoms with E-state index in [0.29, 0.717) is 0 Å². The molecule has 122 valence electrons. The normalized spacial score (nSPS) is 11.1. The Bertz CT molecular complexity index is 919. The van der Waals surface area contributed by atoms with E-state index in [-0.39, 0.29) is 27.0 Å². The van der Waals surface area contributed by atoms with Gasteiger partial charge in [0.1, 0.15) is 10.6 Å². The number of benzene rings is 1. The number of halogens is 1. The summed E-state index contributed by atoms with van der Waals surface area (Å²) in [4.78, 5) is 25.3. The summed E-state index contributed by atoms with van der Waals surface area (Å²) in [6.45, 7) is 0. The van der Waals surface area contributed by atoms with Crippen LogP contribution in [0.2, 0.25) is 5.02 Å². The van der Waals surface area contributed by atoms with Gasteiger partial charge < -0.3 is 14.5 Å². The lowest BCUT2D eigenvalue weighted by Crippen LogP contribution is -2.10. The van der Waals surface area contributed by atoms with Gasteiger partial charge in [-0.25, -0.2) is 13.2 Å². The number of aromatic nitrogens is 1. The van der Waals surface area contributed by atoms with E-state index in [1.807, 2.05) is 0 Å². The third-order valence-corrected chi connectivity index (χ3v) is 4.15. The van der Waals surface area contributed by atoms with Crippen molar-refractivity contribution >= 4 is 27.4 Å². The molecule has 23 heavy (non-hydrogen) atoms. The Labute approximate surface area is 136 Å². The van der Waals surface area contributed by atoms with Crippen molar-refractivity contribution in [2.75, 3.05) is 13.4 Å². The highest BCUT2D eigenvalue weighted by Crippen LogP contribution is 2.29. The van der Waals surface area contributed by atoms with Crippen LogP contribution < -0.4 is 10.3 Å². The van der Waals surface area contributed by atoms with Crippen molar-refractivity contribution in [3.05, 3.63) is 51.4 Å². The maximum atomic E-state index is 11.9. The zero-order valence-electron chi connectivity index (χ0n) is 12.1. The zero-order chi connectivity index (χ0) is 17.2. The molecule has 2 rings (SSSR count). The number of hydrogen-bond donors (Lipinski definition) is 1. The summed E-state index contributed by atoms with van der Waals surface area (Å²) in [5.41, 5.74) is -0.536. The van der Waals surface area contributed by atoms with Gasteiger partial charge >= 0.3 is 5.97 Å². The molecule has 2 aromatic rings. The molecule has 0 bridgehead atoms. The summed E-state index contributed by atoms with van der Waals surface area (Å²) in [5, 5.41) is 0.215. The Morgan fingerprint density at radius 2 is 1.91 bits per heavy atom. The Morgan fingerprint density at radius 3 is 2.52 bits per heavy atom. The number of carbonyl (C=O) groups is 1. The summed E-state index contributed by atoms with van der Waals surface area (Å²) in [6.07, 6.45) is 2.23. The second-order valence-electron chi connectivity index (χ2n) is 4.54. The molecule has 1 aromatic heterocycles. The second kappa shape index (κ2) is 6.43. The van der Waals surface area contributed by atoms with Crippen molar-refractivity contribution in [2.24, 2.45) is 0 Å². The molecule has 1 N–H and O–H groups in total. The van der Waals surface area contributed by atoms with Crippen LogP contribution in [0.3, 0.4) is 0 Å². The topological polar surface area (TPSA) is 103 Å². The second-order valence-corrected chi connectivity index (χ2v) is 6.96. The van der Waals surface area contributed by atoms with Gasteiger partial charge in [0.05, 0.1) is 17.7 Å². The van der Waals surface area contributed by atoms with Gasteiger partial charge in [0, 0.05) is 18.5 Å². The van der Waals surface area contributed by atoms with Crippen LogP contribution in [0.1, 0.15) is 10.4 Å². The van der Waals surface area contributed by atoms with Crippen molar-refractivity contribution < 1.29 is 22.7 Å². The van der Waals surface area contributed by atoms with Crippen molar-refractivity contribution in [1.29, 1.82) is 0 Å². The third-order valence-electron chi connectivity index (χ3n) is 2.82. The molecular formula is C14H12ClNO6S. The number of nitrogens with one attached hydrogen (secondary N) is 1. The first-order valence-electron chi connectivity index (χ1n) is 6.21. The molecule has 0 spiro atoms. The predicted octanol–water partition coefficient (Wildman–Crippen LogP) is 2.01. The van der Waals surface area contributed by atoms with Gasteiger partial charge in [-0.2, -0.15) is 0 Å². The van der Waals surface area contributed by atoms with Crippen molar-refractivity contribution in [1.82, 2.24) is 4.98 Å². The molecular weight excluding hydrogens is 346 g/mol. The predicted molar refractivity (Wildman–Crippen MR) is 83.0 cm³/mol. The molecule has 0 saturated heterocycles. The van der Waals surface area contributed by atoms with Crippen LogP contribution in [-0.4, -0.2) is 32.7 Å². The lowest BCUT2D eigenvalue weighted by molar-refractivity contribution is 0.0600. The molecule has 0 atom stereocenters. The first-order chi connectivity index (χ1) is 10.7. The summed E-state index contributed by atoms with van der Waals surface area (Å²) in [7, 11) is -2.54. The number of aromatic amines is 1. The van der Waals surface area contributed by atoms with E-state index in [2.05, 4.69) is 9.72 Å². The van der Waals surface area contributed by atoms with Crippen molar-refractivity contribution in [3.63, 3.8) is 0 Å². The van der Waals surface area contributed by atoms with Crippen molar-refractivity contribution in [2.45, 2.75) is 4.90 Å². The number of hydrogen-bond acceptors (Lipinski definition) is 6. The van der Waals surface area contributed by atoms with Gasteiger partial charge in [0.25, 0.3) is 5.56 Å². The van der Waals surface area contributed by atoms with E-state index in [9.17, 15) is 18.0 Å². The molecule has 0 radical (unpaired) electrons. The first kappa shape index (κ1) is 17.0. The summed E-state index contributed by atoms with van der Waals surface area (Å²) < 4.78 is 33.7. The molecule has 1 aromatic carbocycles. The molecule has 0 fully saturated rings. The summed E-state index contributed by atoms with van der Waals surface area (Å²) in [5.74, 6) is -0.969. The van der Waals surface area contributed by atoms with Gasteiger partial charge in [0.2, 0.25) is 0 Å². The monoisotopic (exact) mass is 357 g/mol. The molecule has 0 unspecified atom stereocenters. The maximum Gasteiger partial charge on any atom is 0.337 e. The van der Waals surface area contributed by atoms with Gasteiger partial charge in [0.15, 0.2) is 15.6 Å². The SMILES string of the molecule is COC(=O)c1ccc(Oc2cc(Cl)c[nH]c2=O)c(S(C)(=O)=O)c1. The van der Waals surface area contributed by atoms with Crippen LogP contribution >= 0.6 is 11.6 Å². The lowest BCUT2D eigenvalue weighted by atomic mass is 10.2. The van der Waals surface area contributed by atoms with Crippen LogP contribution in [-0.2, 0) is 14.6 Å². The van der Waals surface area contributed by atoms with E-state index < -0.39 is 21.4 Å². The highest BCUT2D eigenvalue weighted by atomic mass is 35.5. The molecule has 0 saturated carbocycles. The fourth-order valence-corrected chi connectivity index (χ4v) is 2.73. The average Bonchev–Trinajstić information content (AvgIpc) is 2.49. The van der Waals surface area contributed by atoms with Crippen LogP contribution in [0.15, 0.2) is 40.2 Å². The number of pyridine rings is 1. The van der Waals surface area contributed by atoms with E-state index >= 15 is 0 Å². The standard InChI is InChI=1S/C14H12ClNO6S/c1-21-14(18)8-3-4-10(12(5-8)23(2,19)20)22-11-6-9(15)7-16-13(11)17/h3-7H,1-2H3,(H,16,17). The number of H-pyrrole nitrogens is 1. The van der Waals surface area contributed by atoms with Gasteiger partial charge in [-0.1, -0.05) is 11.6 Å². The Kier molecular flexibility index (Phi) is 4.76. The minimum Gasteiger partial charge on any atom is -0.465 e. The molecule has 0 aliphatic carbocycles. The van der Waals surface area contributed by atoms with Gasteiger partial charge in [-0.05, 0) is 18.2 Å². The summed E-state index contributed by atoms with van der Waals surface area (Å²) in [6, 6.07) is 4.97. The number of sulfone groups is 1. The number of carbonyl (C=O) groups excluding carboxylic acids is 1. The Balaban J connectivity index is 2.56. The van der Waals surface area contributed by atoms with E-state index in [1.54, 1.807) is 0 Å². The number of esters is 1. The summed E-state index contributed by atoms with van der Waals surface area (Å²) >= 11 is 5.77. The van der Waals surface area contributed by atoms with Crippen molar-refractivity contribution in [3.8, 4) is 11.5 Å². The van der Waals surface area contributed by atoms with E-state index in [0.717, 1.165) is 12.3 Å². The van der Waals surface area contributed by atoms with Crippen LogP contribution in [0.25, 0.3) is 0 Å². The smallest absolute Gasteiger partial charge is 0.337 e.